The molecule has 0 aliphatic heterocycles. The maximum absolute atomic E-state index is 13.2. The number of carbonyl (C=O) groups excluding carboxylic acids is 2. The number of hydrogen-bond donors (Lipinski definition) is 1. The third-order valence-corrected chi connectivity index (χ3v) is 5.64. The summed E-state index contributed by atoms with van der Waals surface area (Å²) in [7, 11) is 1.78. The molecule has 1 unspecified atom stereocenters. The predicted octanol–water partition coefficient (Wildman–Crippen LogP) is 4.74. The molecule has 0 saturated heterocycles. The number of esters is 1. The monoisotopic (exact) mass is 442 g/mol. The Morgan fingerprint density at radius 2 is 1.67 bits per heavy atom. The maximum Gasteiger partial charge on any atom is 0.339 e. The molecule has 1 atom stereocenters. The van der Waals surface area contributed by atoms with Crippen molar-refractivity contribution in [3.05, 3.63) is 77.0 Å². The third-order valence-electron chi connectivity index (χ3n) is 5.64. The zero-order chi connectivity index (χ0) is 23.7. The maximum atomic E-state index is 13.2. The van der Waals surface area contributed by atoms with Gasteiger partial charge in [0.2, 0.25) is 0 Å². The number of aryl methyl sites for hydroxylation is 4. The summed E-state index contributed by atoms with van der Waals surface area (Å²) in [4.78, 5) is 30.7. The number of hydrogen-bond acceptors (Lipinski definition) is 5. The number of aromatic nitrogens is 3. The fraction of sp³-hybridized carbons (Fsp3) is 0.231. The van der Waals surface area contributed by atoms with Crippen molar-refractivity contribution in [1.82, 2.24) is 14.8 Å². The van der Waals surface area contributed by atoms with Crippen LogP contribution in [0, 0.1) is 20.8 Å². The predicted molar refractivity (Wildman–Crippen MR) is 128 cm³/mol. The van der Waals surface area contributed by atoms with E-state index in [1.54, 1.807) is 24.7 Å². The molecule has 0 aliphatic carbocycles. The van der Waals surface area contributed by atoms with Gasteiger partial charge in [0.25, 0.3) is 5.91 Å². The Hall–Kier alpha value is -4.00. The van der Waals surface area contributed by atoms with E-state index in [1.165, 1.54) is 0 Å². The largest absolute Gasteiger partial charge is 0.449 e. The second-order valence-electron chi connectivity index (χ2n) is 8.13. The van der Waals surface area contributed by atoms with Crippen molar-refractivity contribution < 1.29 is 14.3 Å². The summed E-state index contributed by atoms with van der Waals surface area (Å²) in [6.07, 6.45) is -0.989. The molecule has 0 fully saturated rings. The molecule has 7 heteroatoms. The van der Waals surface area contributed by atoms with Crippen LogP contribution in [0.5, 0.6) is 0 Å². The van der Waals surface area contributed by atoms with Crippen LogP contribution in [0.3, 0.4) is 0 Å². The molecule has 2 aromatic heterocycles. The van der Waals surface area contributed by atoms with Gasteiger partial charge in [-0.3, -0.25) is 9.48 Å². The molecular formula is C26H26N4O3. The van der Waals surface area contributed by atoms with Crippen molar-refractivity contribution in [3.8, 4) is 11.3 Å². The molecule has 1 amide bonds. The van der Waals surface area contributed by atoms with Gasteiger partial charge in [0.15, 0.2) is 11.8 Å². The summed E-state index contributed by atoms with van der Waals surface area (Å²) >= 11 is 0. The second-order valence-corrected chi connectivity index (χ2v) is 8.13. The molecule has 4 aromatic rings. The van der Waals surface area contributed by atoms with Gasteiger partial charge < -0.3 is 10.1 Å². The number of rotatable bonds is 5. The zero-order valence-corrected chi connectivity index (χ0v) is 19.3. The molecule has 168 valence electrons. The third kappa shape index (κ3) is 4.35. The number of anilines is 1. The minimum atomic E-state index is -0.989. The molecule has 0 spiro atoms. The van der Waals surface area contributed by atoms with E-state index >= 15 is 0 Å². The van der Waals surface area contributed by atoms with Gasteiger partial charge in [-0.1, -0.05) is 48.5 Å². The molecule has 7 nitrogen and oxygen atoms in total. The molecule has 0 aliphatic rings. The Morgan fingerprint density at radius 1 is 1.00 bits per heavy atom. The van der Waals surface area contributed by atoms with E-state index in [4.69, 9.17) is 9.72 Å². The standard InChI is InChI=1S/C26H26N4O3/c1-15-10-9-11-16(2)23(15)28-25(31)18(4)33-26(32)20-14-21(19-12-7-6-8-13-19)27-24-22(20)17(3)29-30(24)5/h6-14,18H,1-5H3,(H,28,31). The summed E-state index contributed by atoms with van der Waals surface area (Å²) in [6.45, 7) is 7.22. The smallest absolute Gasteiger partial charge is 0.339 e. The highest BCUT2D eigenvalue weighted by Crippen LogP contribution is 2.28. The van der Waals surface area contributed by atoms with Crippen molar-refractivity contribution >= 4 is 28.6 Å². The van der Waals surface area contributed by atoms with E-state index in [2.05, 4.69) is 10.4 Å². The molecule has 4 rings (SSSR count). The molecule has 0 saturated carbocycles. The van der Waals surface area contributed by atoms with Crippen molar-refractivity contribution in [3.63, 3.8) is 0 Å². The van der Waals surface area contributed by atoms with Crippen molar-refractivity contribution in [2.24, 2.45) is 7.05 Å². The summed E-state index contributed by atoms with van der Waals surface area (Å²) in [5.41, 5.74) is 5.68. The Labute approximate surface area is 192 Å². The van der Waals surface area contributed by atoms with Crippen molar-refractivity contribution in [2.45, 2.75) is 33.8 Å². The number of carbonyl (C=O) groups is 2. The van der Waals surface area contributed by atoms with Crippen LogP contribution in [0.2, 0.25) is 0 Å². The average Bonchev–Trinajstić information content (AvgIpc) is 3.09. The summed E-state index contributed by atoms with van der Waals surface area (Å²) < 4.78 is 7.24. The number of nitrogens with one attached hydrogen (secondary N) is 1. The van der Waals surface area contributed by atoms with Crippen LogP contribution < -0.4 is 5.32 Å². The van der Waals surface area contributed by atoms with Gasteiger partial charge in [0.05, 0.1) is 22.3 Å². The Balaban J connectivity index is 1.65. The second kappa shape index (κ2) is 8.86. The first-order valence-corrected chi connectivity index (χ1v) is 10.7. The first-order valence-electron chi connectivity index (χ1n) is 10.7. The lowest BCUT2D eigenvalue weighted by molar-refractivity contribution is -0.123. The lowest BCUT2D eigenvalue weighted by atomic mass is 10.1. The van der Waals surface area contributed by atoms with Gasteiger partial charge in [0, 0.05) is 18.3 Å². The minimum absolute atomic E-state index is 0.330. The number of pyridine rings is 1. The van der Waals surface area contributed by atoms with E-state index in [1.807, 2.05) is 69.3 Å². The first-order chi connectivity index (χ1) is 15.8. The molecule has 33 heavy (non-hydrogen) atoms. The highest BCUT2D eigenvalue weighted by atomic mass is 16.5. The Kier molecular flexibility index (Phi) is 5.96. The van der Waals surface area contributed by atoms with Gasteiger partial charge in [-0.25, -0.2) is 9.78 Å². The Morgan fingerprint density at radius 3 is 2.33 bits per heavy atom. The van der Waals surface area contributed by atoms with Crippen LogP contribution in [0.25, 0.3) is 22.3 Å². The number of ether oxygens (including phenoxy) is 1. The molecule has 0 radical (unpaired) electrons. The highest BCUT2D eigenvalue weighted by Gasteiger charge is 2.24. The fourth-order valence-electron chi connectivity index (χ4n) is 3.88. The van der Waals surface area contributed by atoms with E-state index in [0.29, 0.717) is 28.0 Å². The lowest BCUT2D eigenvalue weighted by Crippen LogP contribution is -2.30. The first kappa shape index (κ1) is 22.2. The minimum Gasteiger partial charge on any atom is -0.449 e. The number of fused-ring (bicyclic) bond motifs is 1. The quantitative estimate of drug-likeness (QED) is 0.451. The number of nitrogens with zero attached hydrogens (tertiary/aromatic N) is 3. The summed E-state index contributed by atoms with van der Waals surface area (Å²) in [5, 5.41) is 7.92. The van der Waals surface area contributed by atoms with Crippen LogP contribution in [0.15, 0.2) is 54.6 Å². The van der Waals surface area contributed by atoms with Gasteiger partial charge in [-0.15, -0.1) is 0 Å². The van der Waals surface area contributed by atoms with Crippen LogP contribution in [-0.2, 0) is 16.6 Å². The van der Waals surface area contributed by atoms with Crippen molar-refractivity contribution in [1.29, 1.82) is 0 Å². The van der Waals surface area contributed by atoms with E-state index < -0.39 is 18.0 Å². The van der Waals surface area contributed by atoms with Gasteiger partial charge in [-0.2, -0.15) is 5.10 Å². The normalized spacial score (nSPS) is 11.9. The zero-order valence-electron chi connectivity index (χ0n) is 19.3. The van der Waals surface area contributed by atoms with Gasteiger partial charge >= 0.3 is 5.97 Å². The van der Waals surface area contributed by atoms with Crippen LogP contribution in [0.1, 0.15) is 34.1 Å². The Bertz CT molecular complexity index is 1340. The molecule has 2 heterocycles. The number of para-hydroxylation sites is 1. The van der Waals surface area contributed by atoms with E-state index in [9.17, 15) is 9.59 Å². The van der Waals surface area contributed by atoms with Crippen LogP contribution in [0.4, 0.5) is 5.69 Å². The lowest BCUT2D eigenvalue weighted by Gasteiger charge is -2.17. The molecule has 1 N–H and O–H groups in total. The summed E-state index contributed by atoms with van der Waals surface area (Å²) in [6, 6.07) is 17.1. The van der Waals surface area contributed by atoms with E-state index in [-0.39, 0.29) is 0 Å². The SMILES string of the molecule is Cc1cccc(C)c1NC(=O)C(C)OC(=O)c1cc(-c2ccccc2)nc2c1c(C)nn2C. The van der Waals surface area contributed by atoms with Crippen molar-refractivity contribution in [2.75, 3.05) is 5.32 Å². The summed E-state index contributed by atoms with van der Waals surface area (Å²) in [5.74, 6) is -0.989. The van der Waals surface area contributed by atoms with Gasteiger partial charge in [-0.05, 0) is 44.9 Å². The molecular weight excluding hydrogens is 416 g/mol. The topological polar surface area (TPSA) is 86.1 Å². The number of amides is 1. The van der Waals surface area contributed by atoms with Crippen LogP contribution >= 0.6 is 0 Å². The average molecular weight is 443 g/mol. The van der Waals surface area contributed by atoms with E-state index in [0.717, 1.165) is 22.4 Å². The van der Waals surface area contributed by atoms with Crippen LogP contribution in [-0.4, -0.2) is 32.7 Å². The molecule has 2 aromatic carbocycles. The van der Waals surface area contributed by atoms with Gasteiger partial charge in [0.1, 0.15) is 0 Å². The molecule has 0 bridgehead atoms. The number of benzene rings is 2. The fourth-order valence-corrected chi connectivity index (χ4v) is 3.88. The highest BCUT2D eigenvalue weighted by molar-refractivity contribution is 6.06.